The zero-order valence-corrected chi connectivity index (χ0v) is 20.5. The molecule has 2 aliphatic rings. The van der Waals surface area contributed by atoms with E-state index in [9.17, 15) is 26.3 Å². The molecule has 2 fully saturated rings. The first-order valence-corrected chi connectivity index (χ1v) is 12.5. The Morgan fingerprint density at radius 2 is 1.54 bits per heavy atom. The third-order valence-electron chi connectivity index (χ3n) is 7.08. The molecule has 2 aromatic carbocycles. The highest BCUT2D eigenvalue weighted by atomic mass is 19.3. The lowest BCUT2D eigenvalue weighted by Gasteiger charge is -2.39. The van der Waals surface area contributed by atoms with Gasteiger partial charge in [0.2, 0.25) is 0 Å². The fourth-order valence-electron chi connectivity index (χ4n) is 5.00. The normalized spacial score (nSPS) is 24.9. The monoisotopic (exact) mass is 528 g/mol. The van der Waals surface area contributed by atoms with Gasteiger partial charge in [-0.3, -0.25) is 0 Å². The predicted octanol–water partition coefficient (Wildman–Crippen LogP) is 8.03. The second-order valence-electron chi connectivity index (χ2n) is 9.71. The van der Waals surface area contributed by atoms with Crippen molar-refractivity contribution in [2.45, 2.75) is 57.8 Å². The van der Waals surface area contributed by atoms with Gasteiger partial charge in [-0.15, -0.1) is 0 Å². The van der Waals surface area contributed by atoms with Crippen molar-refractivity contribution in [2.75, 3.05) is 13.2 Å². The standard InChI is InChI=1S/C28H30F6O3/c1-2-3-4-5-17-15-35-27(36-16-17)18-6-9-20(10-7-18)28(33,34)37-21-13-24(31)26(25(32)14-21)19-8-11-22(29)23(30)12-19/h2-3,8,11-14,17-18,20,27H,4-7,9-10,15-16H2,1H3/b3-2+. The molecule has 0 bridgehead atoms. The van der Waals surface area contributed by atoms with Crippen molar-refractivity contribution < 1.29 is 40.6 Å². The summed E-state index contributed by atoms with van der Waals surface area (Å²) in [5.41, 5.74) is -0.923. The highest BCUT2D eigenvalue weighted by Gasteiger charge is 2.45. The number of rotatable bonds is 8. The molecule has 1 aliphatic heterocycles. The van der Waals surface area contributed by atoms with Crippen LogP contribution in [-0.2, 0) is 9.47 Å². The Labute approximate surface area is 212 Å². The van der Waals surface area contributed by atoms with E-state index in [1.165, 1.54) is 0 Å². The average Bonchev–Trinajstić information content (AvgIpc) is 2.86. The molecule has 0 unspecified atom stereocenters. The summed E-state index contributed by atoms with van der Waals surface area (Å²) in [7, 11) is 0. The first-order valence-electron chi connectivity index (χ1n) is 12.5. The van der Waals surface area contributed by atoms with Crippen LogP contribution in [0.4, 0.5) is 26.3 Å². The molecule has 4 rings (SSSR count). The largest absolute Gasteiger partial charge is 0.432 e. The Morgan fingerprint density at radius 3 is 2.14 bits per heavy atom. The maximum Gasteiger partial charge on any atom is 0.400 e. The van der Waals surface area contributed by atoms with Crippen LogP contribution in [0.5, 0.6) is 5.75 Å². The fraction of sp³-hybridized carbons (Fsp3) is 0.500. The van der Waals surface area contributed by atoms with Crippen molar-refractivity contribution in [2.24, 2.45) is 17.8 Å². The van der Waals surface area contributed by atoms with Crippen molar-refractivity contribution in [1.29, 1.82) is 0 Å². The fourth-order valence-corrected chi connectivity index (χ4v) is 5.00. The van der Waals surface area contributed by atoms with E-state index in [1.54, 1.807) is 0 Å². The first-order chi connectivity index (χ1) is 17.7. The maximum atomic E-state index is 14.9. The van der Waals surface area contributed by atoms with Gasteiger partial charge in [0, 0.05) is 24.0 Å². The highest BCUT2D eigenvalue weighted by Crippen LogP contribution is 2.43. The van der Waals surface area contributed by atoms with Crippen molar-refractivity contribution >= 4 is 0 Å². The Balaban J connectivity index is 1.33. The van der Waals surface area contributed by atoms with E-state index in [0.29, 0.717) is 50.2 Å². The molecule has 0 atom stereocenters. The van der Waals surface area contributed by atoms with Crippen molar-refractivity contribution in [3.63, 3.8) is 0 Å². The minimum atomic E-state index is -3.65. The summed E-state index contributed by atoms with van der Waals surface area (Å²) in [6, 6.07) is 3.60. The van der Waals surface area contributed by atoms with Crippen LogP contribution in [0.25, 0.3) is 11.1 Å². The van der Waals surface area contributed by atoms with Crippen molar-refractivity contribution in [1.82, 2.24) is 0 Å². The smallest absolute Gasteiger partial charge is 0.400 e. The number of hydrogen-bond donors (Lipinski definition) is 0. The number of halogens is 6. The van der Waals surface area contributed by atoms with E-state index in [0.717, 1.165) is 25.0 Å². The van der Waals surface area contributed by atoms with Crippen LogP contribution in [0.1, 0.15) is 45.4 Å². The lowest BCUT2D eigenvalue weighted by molar-refractivity contribution is -0.247. The molecule has 37 heavy (non-hydrogen) atoms. The third kappa shape index (κ3) is 6.68. The van der Waals surface area contributed by atoms with E-state index >= 15 is 0 Å². The van der Waals surface area contributed by atoms with E-state index < -0.39 is 52.9 Å². The molecule has 2 aromatic rings. The minimum absolute atomic E-state index is 0.00573. The molecule has 3 nitrogen and oxygen atoms in total. The highest BCUT2D eigenvalue weighted by molar-refractivity contribution is 5.66. The van der Waals surface area contributed by atoms with E-state index in [2.05, 4.69) is 6.08 Å². The van der Waals surface area contributed by atoms with E-state index in [-0.39, 0.29) is 24.3 Å². The Bertz CT molecular complexity index is 1070. The molecule has 1 saturated carbocycles. The minimum Gasteiger partial charge on any atom is -0.432 e. The van der Waals surface area contributed by atoms with Crippen LogP contribution < -0.4 is 4.74 Å². The van der Waals surface area contributed by atoms with Gasteiger partial charge in [0.15, 0.2) is 17.9 Å². The summed E-state index contributed by atoms with van der Waals surface area (Å²) in [5, 5.41) is 0. The number of allylic oxidation sites excluding steroid dienone is 2. The van der Waals surface area contributed by atoms with Gasteiger partial charge < -0.3 is 14.2 Å². The SMILES string of the molecule is C/C=C/CCC1COC(C2CCC(C(F)(F)Oc3cc(F)c(-c4ccc(F)c(F)c4)c(F)c3)CC2)OC1. The maximum absolute atomic E-state index is 14.9. The van der Waals surface area contributed by atoms with Crippen molar-refractivity contribution in [3.8, 4) is 16.9 Å². The lowest BCUT2D eigenvalue weighted by atomic mass is 9.80. The van der Waals surface area contributed by atoms with Gasteiger partial charge in [0.25, 0.3) is 0 Å². The molecule has 0 N–H and O–H groups in total. The van der Waals surface area contributed by atoms with Gasteiger partial charge in [0.1, 0.15) is 17.4 Å². The number of ether oxygens (including phenoxy) is 3. The molecular formula is C28H30F6O3. The molecular weight excluding hydrogens is 498 g/mol. The zero-order chi connectivity index (χ0) is 26.6. The van der Waals surface area contributed by atoms with Gasteiger partial charge in [-0.05, 0) is 63.1 Å². The molecule has 1 heterocycles. The summed E-state index contributed by atoms with van der Waals surface area (Å²) < 4.78 is 102. The molecule has 202 valence electrons. The topological polar surface area (TPSA) is 27.7 Å². The molecule has 0 spiro atoms. The van der Waals surface area contributed by atoms with Gasteiger partial charge in [0.05, 0.1) is 24.7 Å². The summed E-state index contributed by atoms with van der Waals surface area (Å²) in [5.74, 6) is -6.43. The van der Waals surface area contributed by atoms with Crippen LogP contribution in [0.2, 0.25) is 0 Å². The number of hydrogen-bond acceptors (Lipinski definition) is 3. The third-order valence-corrected chi connectivity index (χ3v) is 7.08. The Kier molecular flexibility index (Phi) is 8.85. The predicted molar refractivity (Wildman–Crippen MR) is 126 cm³/mol. The molecule has 0 aromatic heterocycles. The van der Waals surface area contributed by atoms with Gasteiger partial charge in [-0.25, -0.2) is 17.6 Å². The summed E-state index contributed by atoms with van der Waals surface area (Å²) in [6.07, 6.45) is 3.15. The molecule has 0 amide bonds. The van der Waals surface area contributed by atoms with Gasteiger partial charge >= 0.3 is 6.11 Å². The van der Waals surface area contributed by atoms with Crippen LogP contribution in [0.15, 0.2) is 42.5 Å². The average molecular weight is 529 g/mol. The second-order valence-corrected chi connectivity index (χ2v) is 9.71. The Hall–Kier alpha value is -2.52. The van der Waals surface area contributed by atoms with Gasteiger partial charge in [-0.2, -0.15) is 8.78 Å². The summed E-state index contributed by atoms with van der Waals surface area (Å²) in [6.45, 7) is 3.14. The summed E-state index contributed by atoms with van der Waals surface area (Å²) in [4.78, 5) is 0. The van der Waals surface area contributed by atoms with Crippen LogP contribution >= 0.6 is 0 Å². The van der Waals surface area contributed by atoms with Crippen LogP contribution in [-0.4, -0.2) is 25.6 Å². The molecule has 0 radical (unpaired) electrons. The second kappa shape index (κ2) is 11.9. The lowest BCUT2D eigenvalue weighted by Crippen LogP contribution is -2.42. The Morgan fingerprint density at radius 1 is 0.892 bits per heavy atom. The van der Waals surface area contributed by atoms with Crippen LogP contribution in [0, 0.1) is 41.0 Å². The molecule has 1 saturated heterocycles. The molecule has 1 aliphatic carbocycles. The van der Waals surface area contributed by atoms with E-state index in [4.69, 9.17) is 14.2 Å². The van der Waals surface area contributed by atoms with E-state index in [1.807, 2.05) is 13.0 Å². The number of alkyl halides is 2. The zero-order valence-electron chi connectivity index (χ0n) is 20.5. The molecule has 9 heteroatoms. The number of benzene rings is 2. The first kappa shape index (κ1) is 27.5. The summed E-state index contributed by atoms with van der Waals surface area (Å²) >= 11 is 0. The van der Waals surface area contributed by atoms with Gasteiger partial charge in [-0.1, -0.05) is 18.2 Å². The quantitative estimate of drug-likeness (QED) is 0.256. The van der Waals surface area contributed by atoms with Crippen molar-refractivity contribution in [3.05, 3.63) is 65.8 Å². The van der Waals surface area contributed by atoms with Crippen LogP contribution in [0.3, 0.4) is 0 Å².